The van der Waals surface area contributed by atoms with E-state index in [-0.39, 0.29) is 0 Å². The van der Waals surface area contributed by atoms with Crippen LogP contribution in [0.4, 0.5) is 22.0 Å². The van der Waals surface area contributed by atoms with Crippen molar-refractivity contribution in [1.82, 2.24) is 0 Å². The zero-order chi connectivity index (χ0) is 19.5. The van der Waals surface area contributed by atoms with E-state index in [4.69, 9.17) is 12.6 Å². The highest BCUT2D eigenvalue weighted by Crippen LogP contribution is 2.48. The molecule has 1 heterocycles. The van der Waals surface area contributed by atoms with E-state index in [1.165, 1.54) is 0 Å². The van der Waals surface area contributed by atoms with Gasteiger partial charge in [0, 0.05) is 23.8 Å². The molecule has 4 nitrogen and oxygen atoms in total. The number of hydrogen-bond donors (Lipinski definition) is 1. The Hall–Kier alpha value is -2.14. The van der Waals surface area contributed by atoms with Crippen molar-refractivity contribution in [3.05, 3.63) is 47.5 Å². The Morgan fingerprint density at radius 3 is 2.23 bits per heavy atom. The Kier molecular flexibility index (Phi) is 4.08. The van der Waals surface area contributed by atoms with Crippen molar-refractivity contribution >= 4 is 23.1 Å². The molecule has 0 saturated heterocycles. The number of aliphatic hydroxyl groups is 1. The molecule has 0 spiro atoms. The molecule has 1 N–H and O–H groups in total. The van der Waals surface area contributed by atoms with Crippen LogP contribution in [0.1, 0.15) is 5.56 Å². The van der Waals surface area contributed by atoms with Crippen LogP contribution in [-0.2, 0) is 15.4 Å². The first-order chi connectivity index (χ1) is 11.8. The van der Waals surface area contributed by atoms with Crippen molar-refractivity contribution < 1.29 is 40.2 Å². The quantitative estimate of drug-likeness (QED) is 0.630. The molecule has 3 rings (SSSR count). The summed E-state index contributed by atoms with van der Waals surface area (Å²) in [7, 11) is 1.17. The normalized spacial score (nSPS) is 21.5. The van der Waals surface area contributed by atoms with Gasteiger partial charge in [-0.05, 0) is 17.6 Å². The predicted molar refractivity (Wildman–Crippen MR) is 80.3 cm³/mol. The van der Waals surface area contributed by atoms with E-state index in [1.807, 2.05) is 0 Å². The lowest BCUT2D eigenvalue weighted by Gasteiger charge is -2.27. The van der Waals surface area contributed by atoms with Crippen LogP contribution in [0.25, 0.3) is 0 Å². The molecule has 0 saturated carbocycles. The second-order valence-electron chi connectivity index (χ2n) is 5.67. The molecule has 0 bridgehead atoms. The number of sulfone groups is 1. The first-order valence-corrected chi connectivity index (χ1v) is 8.59. The van der Waals surface area contributed by atoms with Gasteiger partial charge in [-0.2, -0.15) is 13.2 Å². The summed E-state index contributed by atoms with van der Waals surface area (Å²) in [4.78, 5) is -0.785. The molecule has 136 valence electrons. The Balaban J connectivity index is 2.17. The molecule has 1 unspecified atom stereocenters. The largest absolute Gasteiger partial charge is 0.458 e. The van der Waals surface area contributed by atoms with Crippen LogP contribution < -0.4 is 10.2 Å². The zero-order valence-corrected chi connectivity index (χ0v) is 13.5. The third-order valence-corrected chi connectivity index (χ3v) is 5.66. The average Bonchev–Trinajstić information content (AvgIpc) is 2.68. The van der Waals surface area contributed by atoms with Gasteiger partial charge in [-0.1, -0.05) is 0 Å². The van der Waals surface area contributed by atoms with Gasteiger partial charge in [0.1, 0.15) is 31.0 Å². The lowest BCUT2D eigenvalue weighted by Crippen LogP contribution is -2.46. The molecule has 2 aromatic rings. The molecule has 1 atom stereocenters. The third kappa shape index (κ3) is 2.84. The Morgan fingerprint density at radius 2 is 1.69 bits per heavy atom. The Morgan fingerprint density at radius 1 is 1.12 bits per heavy atom. The van der Waals surface area contributed by atoms with Crippen molar-refractivity contribution in [2.24, 2.45) is 0 Å². The topological polar surface area (TPSA) is 63.6 Å². The van der Waals surface area contributed by atoms with Gasteiger partial charge < -0.3 is 9.84 Å². The molecular formula is C15H8BF5O4S. The van der Waals surface area contributed by atoms with Gasteiger partial charge >= 0.3 is 6.18 Å². The second-order valence-corrected chi connectivity index (χ2v) is 7.63. The van der Waals surface area contributed by atoms with Crippen LogP contribution in [-0.4, -0.2) is 33.3 Å². The van der Waals surface area contributed by atoms with Crippen LogP contribution in [0.2, 0.25) is 0 Å². The van der Waals surface area contributed by atoms with Gasteiger partial charge in [0.25, 0.3) is 0 Å². The molecular weight excluding hydrogens is 382 g/mol. The summed E-state index contributed by atoms with van der Waals surface area (Å²) in [5.74, 6) is -4.54. The minimum atomic E-state index is -5.33. The van der Waals surface area contributed by atoms with E-state index in [9.17, 15) is 35.5 Å². The molecule has 1 aliphatic rings. The standard InChI is InChI=1S/C15H8BF5O4S/c16-13-10(25-9-4-7(17)3-8(18)5-9)1-2-11-12(13)14(22,15(19,20)21)6-26(11,23)24/h1-5,22H,6H2. The van der Waals surface area contributed by atoms with Crippen LogP contribution in [0.5, 0.6) is 11.5 Å². The average molecular weight is 390 g/mol. The summed E-state index contributed by atoms with van der Waals surface area (Å²) in [5, 5.41) is 10.0. The number of ether oxygens (including phenoxy) is 1. The number of rotatable bonds is 2. The van der Waals surface area contributed by atoms with E-state index in [0.717, 1.165) is 24.3 Å². The molecule has 2 radical (unpaired) electrons. The molecule has 0 aliphatic carbocycles. The highest BCUT2D eigenvalue weighted by molar-refractivity contribution is 7.91. The number of fused-ring (bicyclic) bond motifs is 1. The number of halogens is 5. The lowest BCUT2D eigenvalue weighted by atomic mass is 9.81. The van der Waals surface area contributed by atoms with Crippen LogP contribution in [0.15, 0.2) is 35.2 Å². The van der Waals surface area contributed by atoms with E-state index < -0.39 is 66.4 Å². The summed E-state index contributed by atoms with van der Waals surface area (Å²) in [6.07, 6.45) is -5.33. The van der Waals surface area contributed by atoms with Crippen molar-refractivity contribution in [1.29, 1.82) is 0 Å². The summed E-state index contributed by atoms with van der Waals surface area (Å²) in [5.41, 5.74) is -5.59. The monoisotopic (exact) mass is 390 g/mol. The summed E-state index contributed by atoms with van der Waals surface area (Å²) < 4.78 is 95.4. The maximum atomic E-state index is 13.3. The van der Waals surface area contributed by atoms with Crippen LogP contribution in [0.3, 0.4) is 0 Å². The fourth-order valence-electron chi connectivity index (χ4n) is 2.72. The molecule has 0 fully saturated rings. The minimum Gasteiger partial charge on any atom is -0.458 e. The fourth-order valence-corrected chi connectivity index (χ4v) is 4.60. The second kappa shape index (κ2) is 5.68. The summed E-state index contributed by atoms with van der Waals surface area (Å²) in [6.45, 7) is 0. The summed E-state index contributed by atoms with van der Waals surface area (Å²) in [6, 6.07) is 3.78. The number of alkyl halides is 3. The van der Waals surface area contributed by atoms with Crippen molar-refractivity contribution in [3.8, 4) is 11.5 Å². The SMILES string of the molecule is [B]c1c(Oc2cc(F)cc(F)c2)ccc2c1C(O)(C(F)(F)F)CS2(=O)=O. The van der Waals surface area contributed by atoms with E-state index >= 15 is 0 Å². The van der Waals surface area contributed by atoms with Gasteiger partial charge in [0.15, 0.2) is 9.84 Å². The van der Waals surface area contributed by atoms with Gasteiger partial charge in [-0.15, -0.1) is 0 Å². The maximum absolute atomic E-state index is 13.3. The number of hydrogen-bond acceptors (Lipinski definition) is 4. The molecule has 26 heavy (non-hydrogen) atoms. The fraction of sp³-hybridized carbons (Fsp3) is 0.200. The zero-order valence-electron chi connectivity index (χ0n) is 12.6. The summed E-state index contributed by atoms with van der Waals surface area (Å²) >= 11 is 0. The van der Waals surface area contributed by atoms with E-state index in [2.05, 4.69) is 0 Å². The lowest BCUT2D eigenvalue weighted by molar-refractivity contribution is -0.256. The number of benzene rings is 2. The smallest absolute Gasteiger partial charge is 0.422 e. The predicted octanol–water partition coefficient (Wildman–Crippen LogP) is 2.09. The van der Waals surface area contributed by atoms with Crippen molar-refractivity contribution in [2.45, 2.75) is 16.7 Å². The van der Waals surface area contributed by atoms with Gasteiger partial charge in [0.05, 0.1) is 10.6 Å². The maximum Gasteiger partial charge on any atom is 0.422 e. The third-order valence-electron chi connectivity index (χ3n) is 3.85. The minimum absolute atomic E-state index is 0.412. The first kappa shape index (κ1) is 18.6. The highest BCUT2D eigenvalue weighted by Gasteiger charge is 2.63. The van der Waals surface area contributed by atoms with Gasteiger partial charge in [0.2, 0.25) is 5.60 Å². The molecule has 1 aliphatic heterocycles. The van der Waals surface area contributed by atoms with Gasteiger partial charge in [-0.25, -0.2) is 17.2 Å². The molecule has 2 aromatic carbocycles. The first-order valence-electron chi connectivity index (χ1n) is 6.94. The van der Waals surface area contributed by atoms with Crippen LogP contribution >= 0.6 is 0 Å². The molecule has 11 heteroatoms. The molecule has 0 aromatic heterocycles. The van der Waals surface area contributed by atoms with E-state index in [0.29, 0.717) is 6.07 Å². The van der Waals surface area contributed by atoms with E-state index in [1.54, 1.807) is 0 Å². The highest BCUT2D eigenvalue weighted by atomic mass is 32.2. The Labute approximate surface area is 145 Å². The molecule has 0 amide bonds. The Bertz CT molecular complexity index is 986. The van der Waals surface area contributed by atoms with Gasteiger partial charge in [-0.3, -0.25) is 0 Å². The van der Waals surface area contributed by atoms with Crippen molar-refractivity contribution in [3.63, 3.8) is 0 Å². The van der Waals surface area contributed by atoms with Crippen molar-refractivity contribution in [2.75, 3.05) is 5.75 Å². The van der Waals surface area contributed by atoms with Crippen LogP contribution in [0, 0.1) is 11.6 Å².